The predicted molar refractivity (Wildman–Crippen MR) is 147 cm³/mol. The van der Waals surface area contributed by atoms with Crippen molar-refractivity contribution in [2.45, 2.75) is 44.0 Å². The van der Waals surface area contributed by atoms with Crippen molar-refractivity contribution in [2.24, 2.45) is 23.7 Å². The van der Waals surface area contributed by atoms with Gasteiger partial charge in [-0.2, -0.15) is 36.9 Å². The summed E-state index contributed by atoms with van der Waals surface area (Å²) >= 11 is 0. The first-order chi connectivity index (χ1) is 20.5. The molecule has 0 heterocycles. The van der Waals surface area contributed by atoms with Crippen LogP contribution in [-0.4, -0.2) is 0 Å². The highest BCUT2D eigenvalue weighted by molar-refractivity contribution is 5.93. The zero-order valence-electron chi connectivity index (χ0n) is 22.7. The van der Waals surface area contributed by atoms with Crippen molar-refractivity contribution in [3.05, 3.63) is 122 Å². The first-order valence-electron chi connectivity index (χ1n) is 14.3. The lowest BCUT2D eigenvalue weighted by molar-refractivity contribution is -0.138. The first kappa shape index (κ1) is 27.5. The Morgan fingerprint density at radius 1 is 0.791 bits per heavy atom. The van der Waals surface area contributed by atoms with E-state index in [9.17, 15) is 36.9 Å². The summed E-state index contributed by atoms with van der Waals surface area (Å²) in [5.41, 5.74) is 4.59. The number of benzene rings is 2. The molecule has 0 saturated heterocycles. The first-order valence-corrected chi connectivity index (χ1v) is 14.3. The van der Waals surface area contributed by atoms with Crippen molar-refractivity contribution >= 4 is 5.57 Å². The van der Waals surface area contributed by atoms with Gasteiger partial charge in [-0.3, -0.25) is 0 Å². The Balaban J connectivity index is 1.54. The number of halogens is 6. The third-order valence-electron chi connectivity index (χ3n) is 9.87. The summed E-state index contributed by atoms with van der Waals surface area (Å²) in [4.78, 5) is 0. The molecule has 0 amide bonds. The third-order valence-corrected chi connectivity index (χ3v) is 9.87. The molecule has 1 saturated carbocycles. The number of alkyl halides is 6. The molecule has 2 nitrogen and oxygen atoms in total. The summed E-state index contributed by atoms with van der Waals surface area (Å²) in [6, 6.07) is 13.6. The predicted octanol–water partition coefficient (Wildman–Crippen LogP) is 9.48. The number of rotatable bonds is 2. The van der Waals surface area contributed by atoms with Gasteiger partial charge in [0.15, 0.2) is 0 Å². The zero-order chi connectivity index (χ0) is 30.3. The topological polar surface area (TPSA) is 47.6 Å². The molecule has 216 valence electrons. The highest BCUT2D eigenvalue weighted by atomic mass is 19.4. The van der Waals surface area contributed by atoms with Gasteiger partial charge in [-0.1, -0.05) is 53.6 Å². The van der Waals surface area contributed by atoms with E-state index in [0.717, 1.165) is 61.1 Å². The molecule has 5 aliphatic carbocycles. The fraction of sp³-hybridized carbons (Fsp3) is 0.314. The lowest BCUT2D eigenvalue weighted by atomic mass is 9.62. The van der Waals surface area contributed by atoms with Gasteiger partial charge in [0, 0.05) is 17.8 Å². The quantitative estimate of drug-likeness (QED) is 0.200. The van der Waals surface area contributed by atoms with E-state index in [1.54, 1.807) is 0 Å². The minimum absolute atomic E-state index is 0.112. The van der Waals surface area contributed by atoms with Crippen molar-refractivity contribution in [3.8, 4) is 12.1 Å². The van der Waals surface area contributed by atoms with Crippen molar-refractivity contribution in [1.82, 2.24) is 0 Å². The van der Waals surface area contributed by atoms with Crippen LogP contribution in [0.15, 0.2) is 100 Å². The standard InChI is InChI=1S/C35H24F6N2/c36-34(37,38)23-11-7-18(8-12-23)29-31(22(16-42)17-43)30(19-9-13-24(14-10-19)35(39,40)41)33-26-6-2-4-21-15-20-3-1-5-25(32(29)33)27(20)28(21)26/h1,3,5,7-14,20-21,27,30,33H,2,4,6,15H2. The van der Waals surface area contributed by atoms with Gasteiger partial charge in [-0.05, 0) is 95.2 Å². The maximum atomic E-state index is 13.5. The lowest BCUT2D eigenvalue weighted by Gasteiger charge is -2.41. The van der Waals surface area contributed by atoms with Crippen LogP contribution in [0.1, 0.15) is 53.9 Å². The Morgan fingerprint density at radius 2 is 1.42 bits per heavy atom. The molecule has 0 spiro atoms. The van der Waals surface area contributed by atoms with Crippen LogP contribution in [0.4, 0.5) is 26.3 Å². The Bertz CT molecular complexity index is 1750. The Labute approximate surface area is 244 Å². The number of allylic oxidation sites excluding steroid dienone is 10. The molecule has 5 atom stereocenters. The summed E-state index contributed by atoms with van der Waals surface area (Å²) in [5, 5.41) is 20.4. The minimum atomic E-state index is -4.55. The molecular formula is C35H24F6N2. The minimum Gasteiger partial charge on any atom is -0.192 e. The average Bonchev–Trinajstić information content (AvgIpc) is 3.54. The van der Waals surface area contributed by atoms with E-state index in [1.807, 2.05) is 24.3 Å². The molecule has 0 bridgehead atoms. The number of nitrogens with zero attached hydrogens (tertiary/aromatic N) is 2. The van der Waals surface area contributed by atoms with E-state index in [-0.39, 0.29) is 23.3 Å². The van der Waals surface area contributed by atoms with E-state index < -0.39 is 29.4 Å². The van der Waals surface area contributed by atoms with Crippen LogP contribution in [0.3, 0.4) is 0 Å². The van der Waals surface area contributed by atoms with Crippen LogP contribution in [0.2, 0.25) is 0 Å². The molecular weight excluding hydrogens is 562 g/mol. The number of hydrogen-bond donors (Lipinski definition) is 0. The van der Waals surface area contributed by atoms with Gasteiger partial charge in [0.25, 0.3) is 0 Å². The maximum absolute atomic E-state index is 13.5. The number of nitriles is 2. The lowest BCUT2D eigenvalue weighted by Crippen LogP contribution is -2.30. The van der Waals surface area contributed by atoms with Crippen LogP contribution in [-0.2, 0) is 12.4 Å². The fourth-order valence-corrected chi connectivity index (χ4v) is 8.37. The van der Waals surface area contributed by atoms with E-state index in [4.69, 9.17) is 0 Å². The molecule has 1 fully saturated rings. The smallest absolute Gasteiger partial charge is 0.192 e. The Hall–Kier alpha value is -4.30. The fourth-order valence-electron chi connectivity index (χ4n) is 8.37. The van der Waals surface area contributed by atoms with Crippen LogP contribution in [0.5, 0.6) is 0 Å². The van der Waals surface area contributed by atoms with E-state index in [0.29, 0.717) is 28.2 Å². The van der Waals surface area contributed by atoms with Gasteiger partial charge in [0.05, 0.1) is 11.1 Å². The van der Waals surface area contributed by atoms with E-state index in [2.05, 4.69) is 6.08 Å². The van der Waals surface area contributed by atoms with Crippen molar-refractivity contribution < 1.29 is 26.3 Å². The third kappa shape index (κ3) is 4.14. The summed E-state index contributed by atoms with van der Waals surface area (Å²) in [6.07, 6.45) is 0.983. The van der Waals surface area contributed by atoms with Crippen molar-refractivity contribution in [3.63, 3.8) is 0 Å². The Morgan fingerprint density at radius 3 is 2.02 bits per heavy atom. The number of hydrogen-bond acceptors (Lipinski definition) is 2. The largest absolute Gasteiger partial charge is 0.416 e. The second-order valence-electron chi connectivity index (χ2n) is 11.9. The van der Waals surface area contributed by atoms with Gasteiger partial charge in [0.1, 0.15) is 17.7 Å². The molecule has 0 aliphatic heterocycles. The second-order valence-corrected chi connectivity index (χ2v) is 11.9. The summed E-state index contributed by atoms with van der Waals surface area (Å²) in [6.45, 7) is 0. The average molecular weight is 587 g/mol. The molecule has 0 N–H and O–H groups in total. The van der Waals surface area contributed by atoms with E-state index in [1.165, 1.54) is 35.4 Å². The van der Waals surface area contributed by atoms with Gasteiger partial charge < -0.3 is 0 Å². The molecule has 8 heteroatoms. The van der Waals surface area contributed by atoms with Gasteiger partial charge in [-0.25, -0.2) is 0 Å². The summed E-state index contributed by atoms with van der Waals surface area (Å²) in [5.74, 6) is -0.211. The SMILES string of the molecule is N#CC(C#N)=C1C(c2ccc(C(F)(F)F)cc2)=C2C3=CC=CC4CC5CCCC(=C5C34)C2C1c1ccc(C(F)(F)F)cc1. The molecule has 0 radical (unpaired) electrons. The molecule has 5 unspecified atom stereocenters. The monoisotopic (exact) mass is 586 g/mol. The second kappa shape index (κ2) is 9.61. The maximum Gasteiger partial charge on any atom is 0.416 e. The molecule has 0 aromatic heterocycles. The normalized spacial score (nSPS) is 27.4. The summed E-state index contributed by atoms with van der Waals surface area (Å²) in [7, 11) is 0. The van der Waals surface area contributed by atoms with Gasteiger partial charge in [0.2, 0.25) is 0 Å². The van der Waals surface area contributed by atoms with E-state index >= 15 is 0 Å². The molecule has 2 aromatic rings. The highest BCUT2D eigenvalue weighted by Crippen LogP contribution is 2.67. The van der Waals surface area contributed by atoms with Crippen LogP contribution < -0.4 is 0 Å². The number of fused-ring (bicyclic) bond motifs is 3. The van der Waals surface area contributed by atoms with Crippen molar-refractivity contribution in [1.29, 1.82) is 10.5 Å². The summed E-state index contributed by atoms with van der Waals surface area (Å²) < 4.78 is 81.2. The van der Waals surface area contributed by atoms with Crippen LogP contribution in [0, 0.1) is 46.3 Å². The molecule has 7 rings (SSSR count). The Kier molecular flexibility index (Phi) is 6.15. The molecule has 43 heavy (non-hydrogen) atoms. The van der Waals surface area contributed by atoms with Crippen molar-refractivity contribution in [2.75, 3.05) is 0 Å². The highest BCUT2D eigenvalue weighted by Gasteiger charge is 2.55. The van der Waals surface area contributed by atoms with Gasteiger partial charge in [-0.15, -0.1) is 0 Å². The van der Waals surface area contributed by atoms with Crippen LogP contribution >= 0.6 is 0 Å². The van der Waals surface area contributed by atoms with Gasteiger partial charge >= 0.3 is 12.4 Å². The molecule has 5 aliphatic rings. The van der Waals surface area contributed by atoms with Crippen LogP contribution in [0.25, 0.3) is 5.57 Å². The zero-order valence-corrected chi connectivity index (χ0v) is 22.7. The molecule has 2 aromatic carbocycles.